The number of nitrogens with zero attached hydrogens (tertiary/aromatic N) is 1. The molecule has 0 aliphatic carbocycles. The zero-order valence-electron chi connectivity index (χ0n) is 35.1. The number of pyridine rings is 1. The Morgan fingerprint density at radius 1 is 0.796 bits per heavy atom. The van der Waals surface area contributed by atoms with Crippen LogP contribution in [0.5, 0.6) is 11.5 Å². The molecular weight excluding hydrogens is 843 g/mol. The van der Waals surface area contributed by atoms with Gasteiger partial charge in [0.05, 0.1) is 5.75 Å². The molecule has 0 fully saturated rings. The summed E-state index contributed by atoms with van der Waals surface area (Å²) < 4.78 is 6.84. The number of allylic oxidation sites excluding steroid dienone is 2. The van der Waals surface area contributed by atoms with E-state index in [1.54, 1.807) is 0 Å². The number of hydrogen-bond acceptors (Lipinski definition) is 4. The molecule has 4 aromatic carbocycles. The van der Waals surface area contributed by atoms with Crippen molar-refractivity contribution in [2.24, 2.45) is 21.7 Å². The second kappa shape index (κ2) is 16.3. The molecule has 2 heterocycles. The summed E-state index contributed by atoms with van der Waals surface area (Å²) in [4.78, 5) is 17.1. The predicted octanol–water partition coefficient (Wildman–Crippen LogP) is 14.2. The van der Waals surface area contributed by atoms with Gasteiger partial charge in [-0.25, -0.2) is 0 Å². The van der Waals surface area contributed by atoms with Gasteiger partial charge in [0, 0.05) is 54.3 Å². The fourth-order valence-corrected chi connectivity index (χ4v) is 7.46. The first-order valence-corrected chi connectivity index (χ1v) is 19.7. The Morgan fingerprint density at radius 3 is 2.02 bits per heavy atom. The topological polar surface area (TPSA) is 59.4 Å². The summed E-state index contributed by atoms with van der Waals surface area (Å²) in [6, 6.07) is 21.4. The van der Waals surface area contributed by atoms with Crippen LogP contribution in [-0.2, 0) is 37.7 Å². The third-order valence-electron chi connectivity index (χ3n) is 11.7. The molecule has 0 amide bonds. The standard InChI is InChI=1S/C34H34NO.C15H28O2.Ir/c1-20-11-12-24-23(15-20)16-26-31-30-25(13-14-35-31)29-21(9-8-10-22(29)18-33(2,3)4)17-28(30)36-32(26)27(24)19-34(5,6)7;1-7-14(5,8-2)12(16)11-13(17)15(6,9-3)10-4;/h8-15,17H,18-19H2,1-7H3;11,16H,7-10H2,1-6H3;/q-1;;/b;12-11-;. The van der Waals surface area contributed by atoms with Gasteiger partial charge in [0.15, 0.2) is 5.78 Å². The van der Waals surface area contributed by atoms with Crippen molar-refractivity contribution in [2.45, 2.75) is 129 Å². The second-order valence-electron chi connectivity index (χ2n) is 18.3. The molecule has 0 atom stereocenters. The van der Waals surface area contributed by atoms with Crippen LogP contribution in [0.2, 0.25) is 0 Å². The summed E-state index contributed by atoms with van der Waals surface area (Å²) in [5, 5.41) is 17.3. The first kappa shape index (κ1) is 43.2. The minimum atomic E-state index is -0.337. The van der Waals surface area contributed by atoms with E-state index < -0.39 is 0 Å². The number of ether oxygens (including phenoxy) is 1. The van der Waals surface area contributed by atoms with Crippen LogP contribution in [0, 0.1) is 34.7 Å². The maximum absolute atomic E-state index is 12.2. The van der Waals surface area contributed by atoms with Crippen molar-refractivity contribution in [3.05, 3.63) is 89.3 Å². The van der Waals surface area contributed by atoms with E-state index in [1.807, 2.05) is 47.7 Å². The van der Waals surface area contributed by atoms with Crippen molar-refractivity contribution in [2.75, 3.05) is 0 Å². The maximum atomic E-state index is 12.2. The van der Waals surface area contributed by atoms with Crippen molar-refractivity contribution in [1.29, 1.82) is 0 Å². The van der Waals surface area contributed by atoms with Crippen LogP contribution >= 0.6 is 0 Å². The number of aliphatic hydroxyl groups is 1. The van der Waals surface area contributed by atoms with Crippen LogP contribution in [-0.4, -0.2) is 15.9 Å². The summed E-state index contributed by atoms with van der Waals surface area (Å²) in [6.45, 7) is 28.0. The zero-order valence-corrected chi connectivity index (χ0v) is 37.5. The van der Waals surface area contributed by atoms with E-state index in [1.165, 1.54) is 44.3 Å². The van der Waals surface area contributed by atoms with Crippen molar-refractivity contribution < 1.29 is 34.7 Å². The number of carbonyl (C=O) groups excluding carboxylic acids is 1. The number of aromatic nitrogens is 1. The van der Waals surface area contributed by atoms with Crippen LogP contribution in [0.15, 0.2) is 66.6 Å². The molecule has 1 N–H and O–H groups in total. The molecule has 1 aromatic heterocycles. The van der Waals surface area contributed by atoms with E-state index in [9.17, 15) is 9.90 Å². The predicted molar refractivity (Wildman–Crippen MR) is 225 cm³/mol. The maximum Gasteiger partial charge on any atom is 0.164 e. The molecule has 0 saturated carbocycles. The van der Waals surface area contributed by atoms with Gasteiger partial charge in [0.1, 0.15) is 11.5 Å². The molecule has 291 valence electrons. The van der Waals surface area contributed by atoms with Gasteiger partial charge in [-0.3, -0.25) is 9.78 Å². The van der Waals surface area contributed by atoms with Crippen LogP contribution in [0.25, 0.3) is 43.6 Å². The molecule has 5 aromatic rings. The fourth-order valence-electron chi connectivity index (χ4n) is 7.46. The molecule has 54 heavy (non-hydrogen) atoms. The molecule has 6 rings (SSSR count). The van der Waals surface area contributed by atoms with Gasteiger partial charge >= 0.3 is 0 Å². The quantitative estimate of drug-likeness (QED) is 0.0680. The van der Waals surface area contributed by atoms with Gasteiger partial charge in [-0.2, -0.15) is 0 Å². The summed E-state index contributed by atoms with van der Waals surface area (Å²) in [7, 11) is 0. The molecule has 4 nitrogen and oxygen atoms in total. The fraction of sp³-hybridized carbons (Fsp3) is 0.469. The molecule has 1 aliphatic rings. The van der Waals surface area contributed by atoms with Crippen molar-refractivity contribution in [3.8, 4) is 22.8 Å². The zero-order chi connectivity index (χ0) is 39.1. The number of aliphatic hydroxyl groups excluding tert-OH is 1. The van der Waals surface area contributed by atoms with E-state index in [-0.39, 0.29) is 53.3 Å². The summed E-state index contributed by atoms with van der Waals surface area (Å²) in [6.07, 6.45) is 8.64. The monoisotopic (exact) mass is 905 g/mol. The number of rotatable bonds is 9. The number of carbonyl (C=O) groups is 1. The smallest absolute Gasteiger partial charge is 0.164 e. The van der Waals surface area contributed by atoms with E-state index in [0.29, 0.717) is 0 Å². The molecule has 0 spiro atoms. The van der Waals surface area contributed by atoms with Gasteiger partial charge in [0.2, 0.25) is 0 Å². The largest absolute Gasteiger partial charge is 0.512 e. The SMILES string of the molecule is CCC(C)(CC)C(=O)/C=C(\O)C(C)(CC)CC.Cc1ccc2c(CC(C)(C)C)c3c([c-]c2c1)-c1nccc2c1c(cc1cccc(CC(C)(C)C)c12)O3.[Ir]. The van der Waals surface area contributed by atoms with E-state index in [4.69, 9.17) is 9.72 Å². The second-order valence-corrected chi connectivity index (χ2v) is 18.3. The molecule has 0 bridgehead atoms. The first-order valence-electron chi connectivity index (χ1n) is 19.7. The minimum Gasteiger partial charge on any atom is -0.512 e. The third-order valence-corrected chi connectivity index (χ3v) is 11.7. The van der Waals surface area contributed by atoms with E-state index in [0.717, 1.165) is 72.1 Å². The van der Waals surface area contributed by atoms with Gasteiger partial charge < -0.3 is 9.84 Å². The number of aryl methyl sites for hydroxylation is 1. The van der Waals surface area contributed by atoms with Gasteiger partial charge in [-0.05, 0) is 90.1 Å². The summed E-state index contributed by atoms with van der Waals surface area (Å²) >= 11 is 0. The number of ketones is 1. The Bertz CT molecular complexity index is 2190. The van der Waals surface area contributed by atoms with Crippen molar-refractivity contribution in [1.82, 2.24) is 4.98 Å². The van der Waals surface area contributed by atoms with Crippen LogP contribution < -0.4 is 4.74 Å². The van der Waals surface area contributed by atoms with Crippen LogP contribution in [0.1, 0.15) is 125 Å². The Balaban J connectivity index is 0.000000309. The average Bonchev–Trinajstić information content (AvgIpc) is 3.10. The number of benzene rings is 4. The number of hydrogen-bond donors (Lipinski definition) is 1. The third kappa shape index (κ3) is 8.79. The van der Waals surface area contributed by atoms with Gasteiger partial charge in [-0.1, -0.05) is 135 Å². The Hall–Kier alpha value is -3.53. The normalized spacial score (nSPS) is 13.2. The summed E-state index contributed by atoms with van der Waals surface area (Å²) in [5.74, 6) is 2.10. The van der Waals surface area contributed by atoms with Gasteiger partial charge in [0.25, 0.3) is 0 Å². The molecule has 0 unspecified atom stereocenters. The number of fused-ring (bicyclic) bond motifs is 5. The Labute approximate surface area is 338 Å². The van der Waals surface area contributed by atoms with Crippen LogP contribution in [0.3, 0.4) is 0 Å². The van der Waals surface area contributed by atoms with Crippen molar-refractivity contribution >= 4 is 38.1 Å². The molecule has 0 saturated heterocycles. The first-order chi connectivity index (χ1) is 24.8. The molecule has 1 radical (unpaired) electrons. The average molecular weight is 905 g/mol. The summed E-state index contributed by atoms with van der Waals surface area (Å²) in [5.41, 5.74) is 5.53. The molecular formula is C49H62IrNO3-. The molecule has 1 aliphatic heterocycles. The Kier molecular flexibility index (Phi) is 13.0. The van der Waals surface area contributed by atoms with Crippen LogP contribution in [0.4, 0.5) is 0 Å². The van der Waals surface area contributed by atoms with E-state index in [2.05, 4.69) is 103 Å². The Morgan fingerprint density at radius 2 is 1.43 bits per heavy atom. The van der Waals surface area contributed by atoms with Crippen molar-refractivity contribution in [3.63, 3.8) is 0 Å². The van der Waals surface area contributed by atoms with Gasteiger partial charge in [-0.15, -0.1) is 17.5 Å². The van der Waals surface area contributed by atoms with E-state index >= 15 is 0 Å². The molecule has 5 heteroatoms. The minimum absolute atomic E-state index is 0.